The molecule has 240 valence electrons. The summed E-state index contributed by atoms with van der Waals surface area (Å²) in [4.78, 5) is 30.4. The third-order valence-corrected chi connectivity index (χ3v) is 10.7. The Hall–Kier alpha value is -3.95. The number of hydrogen-bond donors (Lipinski definition) is 1. The van der Waals surface area contributed by atoms with Crippen LogP contribution in [-0.2, 0) is 32.6 Å². The van der Waals surface area contributed by atoms with Gasteiger partial charge < -0.3 is 10.2 Å². The van der Waals surface area contributed by atoms with Gasteiger partial charge in [0.05, 0.1) is 10.6 Å². The van der Waals surface area contributed by atoms with Crippen LogP contribution in [0.15, 0.2) is 119 Å². The molecular formula is C37H40BrN3O4S. The molecule has 4 aromatic carbocycles. The Morgan fingerprint density at radius 3 is 2.13 bits per heavy atom. The molecule has 46 heavy (non-hydrogen) atoms. The Balaban J connectivity index is 1.55. The van der Waals surface area contributed by atoms with E-state index in [1.807, 2.05) is 67.6 Å². The highest BCUT2D eigenvalue weighted by atomic mass is 79.9. The van der Waals surface area contributed by atoms with E-state index in [-0.39, 0.29) is 29.8 Å². The van der Waals surface area contributed by atoms with Crippen molar-refractivity contribution >= 4 is 43.5 Å². The second-order valence-electron chi connectivity index (χ2n) is 11.9. The maximum atomic E-state index is 14.6. The van der Waals surface area contributed by atoms with Gasteiger partial charge in [0.15, 0.2) is 0 Å². The van der Waals surface area contributed by atoms with Crippen molar-refractivity contribution in [3.05, 3.63) is 130 Å². The predicted molar refractivity (Wildman–Crippen MR) is 186 cm³/mol. The number of benzene rings is 4. The zero-order chi connectivity index (χ0) is 32.5. The summed E-state index contributed by atoms with van der Waals surface area (Å²) in [5, 5.41) is 3.25. The van der Waals surface area contributed by atoms with E-state index in [9.17, 15) is 18.0 Å². The van der Waals surface area contributed by atoms with Gasteiger partial charge in [-0.2, -0.15) is 0 Å². The molecule has 0 unspecified atom stereocenters. The highest BCUT2D eigenvalue weighted by molar-refractivity contribution is 9.10. The first-order valence-electron chi connectivity index (χ1n) is 15.7. The molecule has 0 saturated heterocycles. The van der Waals surface area contributed by atoms with Gasteiger partial charge >= 0.3 is 0 Å². The molecule has 7 nitrogen and oxygen atoms in total. The van der Waals surface area contributed by atoms with Crippen LogP contribution in [0, 0.1) is 6.92 Å². The van der Waals surface area contributed by atoms with E-state index >= 15 is 0 Å². The van der Waals surface area contributed by atoms with Crippen molar-refractivity contribution in [3.63, 3.8) is 0 Å². The molecule has 4 aromatic rings. The number of sulfonamides is 1. The minimum absolute atomic E-state index is 0.0476. The van der Waals surface area contributed by atoms with Crippen molar-refractivity contribution in [2.45, 2.75) is 69.0 Å². The number of halogens is 1. The molecule has 0 heterocycles. The Bertz CT molecular complexity index is 1710. The normalized spacial score (nSPS) is 14.3. The van der Waals surface area contributed by atoms with Crippen molar-refractivity contribution in [2.24, 2.45) is 0 Å². The SMILES string of the molecule is Cc1cccc(N(CC(=O)N(Cc2ccc(Br)cc2)[C@@H](Cc2ccccc2)C(=O)NC2CCCCC2)S(=O)(=O)c2ccccc2)c1. The molecule has 0 aliphatic heterocycles. The molecule has 0 bridgehead atoms. The number of anilines is 1. The van der Waals surface area contributed by atoms with Crippen LogP contribution in [0.4, 0.5) is 5.69 Å². The second-order valence-corrected chi connectivity index (χ2v) is 14.6. The number of nitrogens with zero attached hydrogens (tertiary/aromatic N) is 2. The number of aryl methyl sites for hydroxylation is 1. The molecule has 1 atom stereocenters. The summed E-state index contributed by atoms with van der Waals surface area (Å²) in [5.74, 6) is -0.696. The van der Waals surface area contributed by atoms with Crippen LogP contribution < -0.4 is 9.62 Å². The predicted octanol–water partition coefficient (Wildman–Crippen LogP) is 7.04. The summed E-state index contributed by atoms with van der Waals surface area (Å²) in [6, 6.07) is 31.6. The summed E-state index contributed by atoms with van der Waals surface area (Å²) in [6.45, 7) is 1.54. The van der Waals surface area contributed by atoms with Crippen molar-refractivity contribution in [3.8, 4) is 0 Å². The van der Waals surface area contributed by atoms with Gasteiger partial charge in [0.1, 0.15) is 12.6 Å². The number of carbonyl (C=O) groups excluding carboxylic acids is 2. The van der Waals surface area contributed by atoms with Crippen LogP contribution in [0.3, 0.4) is 0 Å². The fraction of sp³-hybridized carbons (Fsp3) is 0.297. The second kappa shape index (κ2) is 15.6. The van der Waals surface area contributed by atoms with Crippen molar-refractivity contribution in [1.82, 2.24) is 10.2 Å². The van der Waals surface area contributed by atoms with Crippen LogP contribution in [0.1, 0.15) is 48.8 Å². The van der Waals surface area contributed by atoms with Gasteiger partial charge in [0.2, 0.25) is 11.8 Å². The molecule has 9 heteroatoms. The van der Waals surface area contributed by atoms with E-state index in [1.54, 1.807) is 41.3 Å². The Morgan fingerprint density at radius 1 is 0.826 bits per heavy atom. The largest absolute Gasteiger partial charge is 0.352 e. The molecule has 1 N–H and O–H groups in total. The number of amides is 2. The minimum atomic E-state index is -4.13. The van der Waals surface area contributed by atoms with E-state index in [4.69, 9.17) is 0 Å². The van der Waals surface area contributed by atoms with Crippen LogP contribution in [0.25, 0.3) is 0 Å². The Labute approximate surface area is 280 Å². The van der Waals surface area contributed by atoms with Crippen LogP contribution in [-0.4, -0.2) is 43.8 Å². The molecule has 2 amide bonds. The molecular weight excluding hydrogens is 662 g/mol. The lowest BCUT2D eigenvalue weighted by molar-refractivity contribution is -0.140. The fourth-order valence-electron chi connectivity index (χ4n) is 5.92. The van der Waals surface area contributed by atoms with Gasteiger partial charge in [-0.1, -0.05) is 108 Å². The first-order valence-corrected chi connectivity index (χ1v) is 18.0. The molecule has 0 radical (unpaired) electrons. The highest BCUT2D eigenvalue weighted by Gasteiger charge is 2.35. The first kappa shape index (κ1) is 33.4. The van der Waals surface area contributed by atoms with E-state index in [2.05, 4.69) is 21.2 Å². The van der Waals surface area contributed by atoms with Gasteiger partial charge in [-0.15, -0.1) is 0 Å². The third kappa shape index (κ3) is 8.65. The topological polar surface area (TPSA) is 86.8 Å². The zero-order valence-corrected chi connectivity index (χ0v) is 28.4. The average molecular weight is 703 g/mol. The van der Waals surface area contributed by atoms with Gasteiger partial charge in [-0.25, -0.2) is 8.42 Å². The van der Waals surface area contributed by atoms with Gasteiger partial charge in [-0.3, -0.25) is 13.9 Å². The number of hydrogen-bond acceptors (Lipinski definition) is 4. The molecule has 1 saturated carbocycles. The number of carbonyl (C=O) groups is 2. The monoisotopic (exact) mass is 701 g/mol. The van der Waals surface area contributed by atoms with E-state index in [1.165, 1.54) is 12.1 Å². The van der Waals surface area contributed by atoms with Gasteiger partial charge in [-0.05, 0) is 72.9 Å². The smallest absolute Gasteiger partial charge is 0.264 e. The van der Waals surface area contributed by atoms with E-state index in [0.717, 1.165) is 57.6 Å². The molecule has 1 fully saturated rings. The lowest BCUT2D eigenvalue weighted by Gasteiger charge is -2.35. The van der Waals surface area contributed by atoms with Crippen molar-refractivity contribution in [1.29, 1.82) is 0 Å². The summed E-state index contributed by atoms with van der Waals surface area (Å²) >= 11 is 3.48. The average Bonchev–Trinajstić information content (AvgIpc) is 3.07. The third-order valence-electron chi connectivity index (χ3n) is 8.39. The quantitative estimate of drug-likeness (QED) is 0.172. The van der Waals surface area contributed by atoms with Gasteiger partial charge in [0, 0.05) is 23.5 Å². The standard InChI is InChI=1S/C37H40BrN3O4S/c1-28-12-11-17-33(24-28)41(46(44,45)34-18-9-4-10-19-34)27-36(42)40(26-30-20-22-31(38)23-21-30)35(25-29-13-5-2-6-14-29)37(43)39-32-15-7-3-8-16-32/h2,4-6,9-14,17-24,32,35H,3,7-8,15-16,25-27H2,1H3,(H,39,43)/t35-/m0/s1. The molecule has 1 aliphatic carbocycles. The fourth-order valence-corrected chi connectivity index (χ4v) is 7.61. The summed E-state index contributed by atoms with van der Waals surface area (Å²) in [5.41, 5.74) is 2.98. The first-order chi connectivity index (χ1) is 22.2. The zero-order valence-electron chi connectivity index (χ0n) is 26.0. The highest BCUT2D eigenvalue weighted by Crippen LogP contribution is 2.26. The van der Waals surface area contributed by atoms with Gasteiger partial charge in [0.25, 0.3) is 10.0 Å². The van der Waals surface area contributed by atoms with Crippen molar-refractivity contribution < 1.29 is 18.0 Å². The van der Waals surface area contributed by atoms with Crippen molar-refractivity contribution in [2.75, 3.05) is 10.8 Å². The molecule has 5 rings (SSSR count). The maximum Gasteiger partial charge on any atom is 0.264 e. The maximum absolute atomic E-state index is 14.6. The molecule has 1 aliphatic rings. The molecule has 0 spiro atoms. The summed E-state index contributed by atoms with van der Waals surface area (Å²) < 4.78 is 30.3. The lowest BCUT2D eigenvalue weighted by atomic mass is 9.94. The summed E-state index contributed by atoms with van der Waals surface area (Å²) in [6.07, 6.45) is 5.36. The van der Waals surface area contributed by atoms with E-state index < -0.39 is 28.5 Å². The minimum Gasteiger partial charge on any atom is -0.352 e. The van der Waals surface area contributed by atoms with Crippen LogP contribution in [0.2, 0.25) is 0 Å². The van der Waals surface area contributed by atoms with Crippen LogP contribution >= 0.6 is 15.9 Å². The number of rotatable bonds is 12. The Kier molecular flexibility index (Phi) is 11.3. The number of nitrogens with one attached hydrogen (secondary N) is 1. The lowest BCUT2D eigenvalue weighted by Crippen LogP contribution is -2.55. The van der Waals surface area contributed by atoms with E-state index in [0.29, 0.717) is 5.69 Å². The molecule has 0 aromatic heterocycles. The Morgan fingerprint density at radius 2 is 1.48 bits per heavy atom. The summed E-state index contributed by atoms with van der Waals surface area (Å²) in [7, 11) is -4.13. The van der Waals surface area contributed by atoms with Crippen LogP contribution in [0.5, 0.6) is 0 Å².